The molecule has 2 heteroatoms. The van der Waals surface area contributed by atoms with E-state index in [-0.39, 0.29) is 5.92 Å². The van der Waals surface area contributed by atoms with Crippen LogP contribution in [0.3, 0.4) is 0 Å². The smallest absolute Gasteiger partial charge is 0.119 e. The molecule has 0 N–H and O–H groups in total. The summed E-state index contributed by atoms with van der Waals surface area (Å²) in [7, 11) is 1.65. The third-order valence-corrected chi connectivity index (χ3v) is 2.93. The summed E-state index contributed by atoms with van der Waals surface area (Å²) >= 11 is 0. The van der Waals surface area contributed by atoms with Crippen LogP contribution in [0.25, 0.3) is 0 Å². The van der Waals surface area contributed by atoms with Gasteiger partial charge in [0.05, 0.1) is 19.1 Å². The summed E-state index contributed by atoms with van der Waals surface area (Å²) in [5.74, 6) is 0.718. The highest BCUT2D eigenvalue weighted by Crippen LogP contribution is 2.22. The van der Waals surface area contributed by atoms with Crippen LogP contribution < -0.4 is 4.74 Å². The molecule has 0 aliphatic heterocycles. The first-order valence-corrected chi connectivity index (χ1v) is 5.91. The number of benzene rings is 2. The van der Waals surface area contributed by atoms with E-state index in [2.05, 4.69) is 6.07 Å². The molecule has 0 bridgehead atoms. The van der Waals surface area contributed by atoms with Gasteiger partial charge in [-0.1, -0.05) is 42.5 Å². The summed E-state index contributed by atoms with van der Waals surface area (Å²) in [6, 6.07) is 20.1. The van der Waals surface area contributed by atoms with Crippen LogP contribution in [0.4, 0.5) is 0 Å². The first kappa shape index (κ1) is 12.2. The Morgan fingerprint density at radius 1 is 1.11 bits per heavy atom. The van der Waals surface area contributed by atoms with Crippen LogP contribution in [-0.4, -0.2) is 7.11 Å². The minimum atomic E-state index is -0.113. The molecule has 0 unspecified atom stereocenters. The second kappa shape index (κ2) is 5.88. The molecule has 0 aliphatic rings. The Hall–Kier alpha value is -2.27. The van der Waals surface area contributed by atoms with Crippen LogP contribution in [-0.2, 0) is 6.42 Å². The lowest BCUT2D eigenvalue weighted by Crippen LogP contribution is -2.00. The van der Waals surface area contributed by atoms with Crippen molar-refractivity contribution in [3.8, 4) is 11.8 Å². The summed E-state index contributed by atoms with van der Waals surface area (Å²) in [6.45, 7) is 0. The lowest BCUT2D eigenvalue weighted by Gasteiger charge is -2.10. The summed E-state index contributed by atoms with van der Waals surface area (Å²) in [5.41, 5.74) is 2.17. The van der Waals surface area contributed by atoms with Gasteiger partial charge in [0, 0.05) is 0 Å². The molecule has 0 fully saturated rings. The van der Waals surface area contributed by atoms with Crippen LogP contribution in [0.2, 0.25) is 0 Å². The zero-order valence-corrected chi connectivity index (χ0v) is 10.3. The van der Waals surface area contributed by atoms with E-state index in [0.29, 0.717) is 6.42 Å². The molecule has 1 atom stereocenters. The van der Waals surface area contributed by atoms with E-state index >= 15 is 0 Å². The summed E-state index contributed by atoms with van der Waals surface area (Å²) in [4.78, 5) is 0. The Morgan fingerprint density at radius 3 is 2.56 bits per heavy atom. The van der Waals surface area contributed by atoms with Gasteiger partial charge < -0.3 is 4.74 Å². The zero-order chi connectivity index (χ0) is 12.8. The van der Waals surface area contributed by atoms with Gasteiger partial charge in [-0.2, -0.15) is 5.26 Å². The SMILES string of the molecule is COc1cccc(C[C@H](C#N)c2ccccc2)c1. The quantitative estimate of drug-likeness (QED) is 0.814. The Balaban J connectivity index is 2.19. The van der Waals surface area contributed by atoms with Gasteiger partial charge in [0.15, 0.2) is 0 Å². The molecular formula is C16H15NO. The Labute approximate surface area is 107 Å². The average Bonchev–Trinajstić information content (AvgIpc) is 2.46. The molecule has 0 aromatic heterocycles. The lowest BCUT2D eigenvalue weighted by molar-refractivity contribution is 0.414. The maximum absolute atomic E-state index is 9.29. The van der Waals surface area contributed by atoms with Crippen molar-refractivity contribution < 1.29 is 4.74 Å². The van der Waals surface area contributed by atoms with Gasteiger partial charge in [0.1, 0.15) is 5.75 Å². The highest BCUT2D eigenvalue weighted by atomic mass is 16.5. The third kappa shape index (κ3) is 2.89. The number of hydrogen-bond acceptors (Lipinski definition) is 2. The van der Waals surface area contributed by atoms with E-state index in [1.54, 1.807) is 7.11 Å². The van der Waals surface area contributed by atoms with Crippen LogP contribution in [0.15, 0.2) is 54.6 Å². The highest BCUT2D eigenvalue weighted by Gasteiger charge is 2.11. The Kier molecular flexibility index (Phi) is 3.98. The Bertz CT molecular complexity index is 543. The fourth-order valence-corrected chi connectivity index (χ4v) is 1.96. The van der Waals surface area contributed by atoms with Crippen molar-refractivity contribution in [3.63, 3.8) is 0 Å². The van der Waals surface area contributed by atoms with E-state index < -0.39 is 0 Å². The number of hydrogen-bond donors (Lipinski definition) is 0. The molecule has 0 radical (unpaired) electrons. The van der Waals surface area contributed by atoms with Crippen LogP contribution in [0.1, 0.15) is 17.0 Å². The molecular weight excluding hydrogens is 222 g/mol. The third-order valence-electron chi connectivity index (χ3n) is 2.93. The fraction of sp³-hybridized carbons (Fsp3) is 0.188. The van der Waals surface area contributed by atoms with Gasteiger partial charge in [-0.25, -0.2) is 0 Å². The van der Waals surface area contributed by atoms with Crippen molar-refractivity contribution >= 4 is 0 Å². The van der Waals surface area contributed by atoms with Crippen molar-refractivity contribution in [2.75, 3.05) is 7.11 Å². The van der Waals surface area contributed by atoms with E-state index in [1.807, 2.05) is 54.6 Å². The molecule has 2 rings (SSSR count). The summed E-state index contributed by atoms with van der Waals surface area (Å²) in [6.07, 6.45) is 0.706. The molecule has 90 valence electrons. The first-order chi connectivity index (χ1) is 8.83. The van der Waals surface area contributed by atoms with Crippen LogP contribution in [0.5, 0.6) is 5.75 Å². The standard InChI is InChI=1S/C16H15NO/c1-18-16-9-5-6-13(11-16)10-15(12-17)14-7-3-2-4-8-14/h2-9,11,15H,10H2,1H3/t15-/m1/s1. The van der Waals surface area contributed by atoms with Crippen molar-refractivity contribution in [1.29, 1.82) is 5.26 Å². The number of rotatable bonds is 4. The topological polar surface area (TPSA) is 33.0 Å². The largest absolute Gasteiger partial charge is 0.497 e. The average molecular weight is 237 g/mol. The predicted molar refractivity (Wildman–Crippen MR) is 71.5 cm³/mol. The Morgan fingerprint density at radius 2 is 1.89 bits per heavy atom. The molecule has 0 heterocycles. The molecule has 0 aliphatic carbocycles. The van der Waals surface area contributed by atoms with Gasteiger partial charge in [-0.3, -0.25) is 0 Å². The zero-order valence-electron chi connectivity index (χ0n) is 10.3. The van der Waals surface area contributed by atoms with Crippen LogP contribution in [0, 0.1) is 11.3 Å². The number of nitrogens with zero attached hydrogens (tertiary/aromatic N) is 1. The summed E-state index contributed by atoms with van der Waals surface area (Å²) < 4.78 is 5.19. The monoisotopic (exact) mass is 237 g/mol. The van der Waals surface area contributed by atoms with Crippen LogP contribution >= 0.6 is 0 Å². The predicted octanol–water partition coefficient (Wildman–Crippen LogP) is 3.55. The van der Waals surface area contributed by atoms with Crippen molar-refractivity contribution in [2.24, 2.45) is 0 Å². The maximum Gasteiger partial charge on any atom is 0.119 e. The van der Waals surface area contributed by atoms with Gasteiger partial charge in [-0.05, 0) is 29.7 Å². The molecule has 0 spiro atoms. The molecule has 18 heavy (non-hydrogen) atoms. The van der Waals surface area contributed by atoms with E-state index in [0.717, 1.165) is 16.9 Å². The van der Waals surface area contributed by atoms with Gasteiger partial charge in [-0.15, -0.1) is 0 Å². The molecule has 2 aromatic rings. The lowest BCUT2D eigenvalue weighted by atomic mass is 9.93. The van der Waals surface area contributed by atoms with Gasteiger partial charge >= 0.3 is 0 Å². The molecule has 2 nitrogen and oxygen atoms in total. The van der Waals surface area contributed by atoms with E-state index in [1.165, 1.54) is 0 Å². The van der Waals surface area contributed by atoms with Crippen molar-refractivity contribution in [3.05, 3.63) is 65.7 Å². The minimum absolute atomic E-state index is 0.113. The van der Waals surface area contributed by atoms with E-state index in [9.17, 15) is 5.26 Å². The second-order valence-electron chi connectivity index (χ2n) is 4.15. The molecule has 0 amide bonds. The van der Waals surface area contributed by atoms with E-state index in [4.69, 9.17) is 4.74 Å². The normalized spacial score (nSPS) is 11.6. The summed E-state index contributed by atoms with van der Waals surface area (Å²) in [5, 5.41) is 9.29. The minimum Gasteiger partial charge on any atom is -0.497 e. The number of nitriles is 1. The fourth-order valence-electron chi connectivity index (χ4n) is 1.96. The van der Waals surface area contributed by atoms with Gasteiger partial charge in [0.25, 0.3) is 0 Å². The number of methoxy groups -OCH3 is 1. The van der Waals surface area contributed by atoms with Gasteiger partial charge in [0.2, 0.25) is 0 Å². The second-order valence-corrected chi connectivity index (χ2v) is 4.15. The van der Waals surface area contributed by atoms with Crippen molar-refractivity contribution in [2.45, 2.75) is 12.3 Å². The molecule has 2 aromatic carbocycles. The highest BCUT2D eigenvalue weighted by molar-refractivity contribution is 5.33. The van der Waals surface area contributed by atoms with Crippen molar-refractivity contribution in [1.82, 2.24) is 0 Å². The first-order valence-electron chi connectivity index (χ1n) is 5.91. The number of ether oxygens (including phenoxy) is 1. The maximum atomic E-state index is 9.29. The molecule has 0 saturated carbocycles. The molecule has 0 saturated heterocycles.